The van der Waals surface area contributed by atoms with Crippen LogP contribution in [0.25, 0.3) is 0 Å². The SMILES string of the molecule is C=CC[C@@H]1C=C(C)C[C@H](C)C[C@@H](OC)[C@H]2O[C@@](O)(C(=O)C(=O)N3CCCC[C@H]3C(=O)O[C@H](/C(C)=C/[C@@H]3CC[C@@H](O)[C@H](OC)C3)[C@H](C)[C@@H](O)CC1=O)[C@H](C)C[C@@H]2OC. The van der Waals surface area contributed by atoms with Gasteiger partial charge in [-0.3, -0.25) is 14.4 Å². The topological polar surface area (TPSA) is 178 Å². The van der Waals surface area contributed by atoms with Crippen molar-refractivity contribution in [1.29, 1.82) is 0 Å². The highest BCUT2D eigenvalue weighted by atomic mass is 16.7. The van der Waals surface area contributed by atoms with Gasteiger partial charge in [0.1, 0.15) is 24.0 Å². The van der Waals surface area contributed by atoms with Gasteiger partial charge in [-0.25, -0.2) is 4.79 Å². The summed E-state index contributed by atoms with van der Waals surface area (Å²) >= 11 is 0. The lowest BCUT2D eigenvalue weighted by Gasteiger charge is -2.47. The van der Waals surface area contributed by atoms with Crippen molar-refractivity contribution in [2.45, 2.75) is 160 Å². The standard InChI is InChI=1S/C44H69NO12/c1-10-13-31-19-25(2)18-26(3)20-37(54-8)40-38(55-9)22-28(5)44(52,57-40)41(49)42(50)45-17-12-11-14-32(45)43(51)56-39(29(6)34(47)24-35(31)48)27(4)21-30-15-16-33(46)36(23-30)53-7/h10,19,21,26,28-34,36-40,46-47,52H,1,11-18,20,22-24H2,2-9H3/b25-19?,27-21+/t26-,28+,29+,30-,31+,32-,33+,34-,36+,37+,38-,39+,40+,44+/m0/s1. The number of methoxy groups -OCH3 is 3. The fraction of sp³-hybridized carbons (Fsp3) is 0.773. The molecule has 3 fully saturated rings. The third-order valence-corrected chi connectivity index (χ3v) is 12.9. The molecule has 1 amide bonds. The lowest BCUT2D eigenvalue weighted by Crippen LogP contribution is -2.64. The number of esters is 1. The predicted molar refractivity (Wildman–Crippen MR) is 213 cm³/mol. The number of amides is 1. The lowest BCUT2D eigenvalue weighted by molar-refractivity contribution is -0.302. The molecule has 0 radical (unpaired) electrons. The number of cyclic esters (lactones) is 1. The quantitative estimate of drug-likeness (QED) is 0.185. The highest BCUT2D eigenvalue weighted by Crippen LogP contribution is 2.39. The van der Waals surface area contributed by atoms with E-state index >= 15 is 0 Å². The number of carbonyl (C=O) groups excluding carboxylic acids is 4. The number of rotatable bonds is 7. The minimum absolute atomic E-state index is 0.00988. The Bertz CT molecular complexity index is 1480. The summed E-state index contributed by atoms with van der Waals surface area (Å²) < 4.78 is 29.7. The van der Waals surface area contributed by atoms with Gasteiger partial charge < -0.3 is 43.9 Å². The first-order chi connectivity index (χ1) is 27.0. The molecule has 3 heterocycles. The van der Waals surface area contributed by atoms with Gasteiger partial charge in [-0.05, 0) is 95.5 Å². The summed E-state index contributed by atoms with van der Waals surface area (Å²) in [6, 6.07) is -1.14. The van der Waals surface area contributed by atoms with Crippen LogP contribution in [0.5, 0.6) is 0 Å². The van der Waals surface area contributed by atoms with Crippen molar-refractivity contribution < 1.29 is 58.2 Å². The van der Waals surface area contributed by atoms with Crippen LogP contribution >= 0.6 is 0 Å². The average Bonchev–Trinajstić information content (AvgIpc) is 3.18. The van der Waals surface area contributed by atoms with Crippen molar-refractivity contribution in [2.24, 2.45) is 29.6 Å². The molecule has 0 unspecified atom stereocenters. The fourth-order valence-corrected chi connectivity index (χ4v) is 9.42. The molecule has 0 aromatic carbocycles. The fourth-order valence-electron chi connectivity index (χ4n) is 9.42. The highest BCUT2D eigenvalue weighted by molar-refractivity contribution is 6.39. The molecule has 14 atom stereocenters. The van der Waals surface area contributed by atoms with Crippen LogP contribution in [-0.4, -0.2) is 126 Å². The smallest absolute Gasteiger partial charge is 0.329 e. The number of Topliss-reactive ketones (excluding diaryl/α,β-unsaturated/α-hetero) is 2. The first-order valence-electron chi connectivity index (χ1n) is 20.9. The molecule has 2 bridgehead atoms. The van der Waals surface area contributed by atoms with E-state index < -0.39 is 83.9 Å². The molecule has 3 aliphatic heterocycles. The van der Waals surface area contributed by atoms with Crippen LogP contribution in [-0.2, 0) is 42.9 Å². The average molecular weight is 804 g/mol. The zero-order valence-electron chi connectivity index (χ0n) is 35.4. The largest absolute Gasteiger partial charge is 0.456 e. The molecule has 0 aromatic heterocycles. The minimum atomic E-state index is -2.51. The molecule has 0 spiro atoms. The van der Waals surface area contributed by atoms with Crippen molar-refractivity contribution in [1.82, 2.24) is 4.90 Å². The summed E-state index contributed by atoms with van der Waals surface area (Å²) in [7, 11) is 4.61. The number of allylic oxidation sites excluding steroid dienone is 4. The summed E-state index contributed by atoms with van der Waals surface area (Å²) in [6.45, 7) is 13.1. The Hall–Kier alpha value is -2.78. The Labute approximate surface area is 339 Å². The molecule has 2 saturated heterocycles. The number of hydrogen-bond donors (Lipinski definition) is 3. The number of piperidine rings is 1. The second kappa shape index (κ2) is 21.0. The van der Waals surface area contributed by atoms with E-state index in [1.807, 2.05) is 32.9 Å². The van der Waals surface area contributed by atoms with Gasteiger partial charge in [0.15, 0.2) is 0 Å². The van der Waals surface area contributed by atoms with Gasteiger partial charge in [0, 0.05) is 52.0 Å². The highest BCUT2D eigenvalue weighted by Gasteiger charge is 2.56. The molecule has 13 nitrogen and oxygen atoms in total. The second-order valence-corrected chi connectivity index (χ2v) is 17.3. The van der Waals surface area contributed by atoms with Crippen molar-refractivity contribution in [3.8, 4) is 0 Å². The van der Waals surface area contributed by atoms with E-state index in [1.165, 1.54) is 19.1 Å². The van der Waals surface area contributed by atoms with Gasteiger partial charge in [0.2, 0.25) is 5.79 Å². The Kier molecular flexibility index (Phi) is 17.2. The number of fused-ring (bicyclic) bond motifs is 3. The van der Waals surface area contributed by atoms with Crippen molar-refractivity contribution in [3.05, 3.63) is 36.0 Å². The van der Waals surface area contributed by atoms with Crippen LogP contribution in [0.1, 0.15) is 105 Å². The summed E-state index contributed by atoms with van der Waals surface area (Å²) in [5.41, 5.74) is 1.61. The Morgan fingerprint density at radius 2 is 1.60 bits per heavy atom. The number of hydrogen-bond acceptors (Lipinski definition) is 12. The number of aliphatic hydroxyl groups excluding tert-OH is 2. The third-order valence-electron chi connectivity index (χ3n) is 12.9. The molecular weight excluding hydrogens is 734 g/mol. The van der Waals surface area contributed by atoms with E-state index in [0.29, 0.717) is 56.9 Å². The van der Waals surface area contributed by atoms with Gasteiger partial charge in [0.05, 0.1) is 30.5 Å². The van der Waals surface area contributed by atoms with Gasteiger partial charge in [-0.15, -0.1) is 6.58 Å². The maximum absolute atomic E-state index is 14.3. The maximum atomic E-state index is 14.3. The van der Waals surface area contributed by atoms with Crippen LogP contribution in [0, 0.1) is 29.6 Å². The first-order valence-corrected chi connectivity index (χ1v) is 20.9. The third kappa shape index (κ3) is 11.3. The molecule has 1 saturated carbocycles. The van der Waals surface area contributed by atoms with Crippen molar-refractivity contribution >= 4 is 23.4 Å². The minimum Gasteiger partial charge on any atom is -0.456 e. The number of ether oxygens (including phenoxy) is 5. The Balaban J connectivity index is 1.78. The normalized spacial score (nSPS) is 40.1. The maximum Gasteiger partial charge on any atom is 0.329 e. The Morgan fingerprint density at radius 3 is 2.25 bits per heavy atom. The number of aliphatic hydroxyl groups is 3. The second-order valence-electron chi connectivity index (χ2n) is 17.3. The van der Waals surface area contributed by atoms with Crippen LogP contribution < -0.4 is 0 Å². The first kappa shape index (κ1) is 46.9. The van der Waals surface area contributed by atoms with Gasteiger partial charge in [-0.1, -0.05) is 44.6 Å². The van der Waals surface area contributed by atoms with Crippen LogP contribution in [0.3, 0.4) is 0 Å². The van der Waals surface area contributed by atoms with E-state index in [2.05, 4.69) is 6.58 Å². The van der Waals surface area contributed by atoms with Crippen LogP contribution in [0.2, 0.25) is 0 Å². The summed E-state index contributed by atoms with van der Waals surface area (Å²) in [5, 5.41) is 34.1. The molecule has 13 heteroatoms. The van der Waals surface area contributed by atoms with Gasteiger partial charge in [-0.2, -0.15) is 0 Å². The number of nitrogens with zero attached hydrogens (tertiary/aromatic N) is 1. The van der Waals surface area contributed by atoms with E-state index in [4.69, 9.17) is 23.7 Å². The zero-order valence-corrected chi connectivity index (χ0v) is 35.4. The molecule has 322 valence electrons. The number of carbonyl (C=O) groups is 4. The van der Waals surface area contributed by atoms with E-state index in [-0.39, 0.29) is 49.5 Å². The van der Waals surface area contributed by atoms with Crippen LogP contribution in [0.15, 0.2) is 36.0 Å². The summed E-state index contributed by atoms with van der Waals surface area (Å²) in [4.78, 5) is 57.8. The van der Waals surface area contributed by atoms with Crippen molar-refractivity contribution in [2.75, 3.05) is 27.9 Å². The molecule has 4 rings (SSSR count). The van der Waals surface area contributed by atoms with Crippen molar-refractivity contribution in [3.63, 3.8) is 0 Å². The summed E-state index contributed by atoms with van der Waals surface area (Å²) in [6.07, 6.45) is 4.93. The van der Waals surface area contributed by atoms with Gasteiger partial charge >= 0.3 is 5.97 Å². The molecule has 4 aliphatic rings. The van der Waals surface area contributed by atoms with Gasteiger partial charge in [0.25, 0.3) is 11.7 Å². The predicted octanol–water partition coefficient (Wildman–Crippen LogP) is 4.64. The van der Waals surface area contributed by atoms with E-state index in [9.17, 15) is 34.5 Å². The summed E-state index contributed by atoms with van der Waals surface area (Å²) in [5.74, 6) is -7.76. The zero-order chi connectivity index (χ0) is 42.2. The Morgan fingerprint density at radius 1 is 0.930 bits per heavy atom. The molecule has 57 heavy (non-hydrogen) atoms. The lowest BCUT2D eigenvalue weighted by atomic mass is 9.81. The monoisotopic (exact) mass is 803 g/mol. The number of ketones is 2. The molecule has 3 N–H and O–H groups in total. The molecule has 0 aromatic rings. The van der Waals surface area contributed by atoms with E-state index in [0.717, 1.165) is 5.57 Å². The van der Waals surface area contributed by atoms with E-state index in [1.54, 1.807) is 27.0 Å². The van der Waals surface area contributed by atoms with Crippen LogP contribution in [0.4, 0.5) is 0 Å². The molecule has 1 aliphatic carbocycles. The molecular formula is C44H69NO12.